The summed E-state index contributed by atoms with van der Waals surface area (Å²) in [5.74, 6) is -0.361. The second-order valence-electron chi connectivity index (χ2n) is 17.3. The molecule has 0 saturated heterocycles. The molecule has 9 nitrogen and oxygen atoms in total. The molecule has 9 heteroatoms. The van der Waals surface area contributed by atoms with Crippen molar-refractivity contribution in [3.05, 3.63) is 306 Å². The second-order valence-corrected chi connectivity index (χ2v) is 17.3. The Kier molecular flexibility index (Phi) is 15.9. The lowest BCUT2D eigenvalue weighted by molar-refractivity contribution is -0.129. The molecule has 366 valence electrons. The predicted octanol–water partition coefficient (Wildman–Crippen LogP) is 14.5. The fraction of sp³-hybridized carbons (Fsp3) is 0.0303. The summed E-state index contributed by atoms with van der Waals surface area (Å²) < 4.78 is 21.9. The SMILES string of the molecule is C=CC(=O)Oc1ccc(Cc2ccc(OC(=O)c3ccc(N(c4ccc(C=C(c5ccccc5)c5ccccc5)cc4)c4ccc(C(=O)Oc5ccc(Cc6ccc(OC(=O)C=C)cc6)cc5)cc4)cc3)cc2)cc1. The molecule has 0 saturated carbocycles. The fourth-order valence-electron chi connectivity index (χ4n) is 8.22. The van der Waals surface area contributed by atoms with Gasteiger partial charge in [0.2, 0.25) is 0 Å². The van der Waals surface area contributed by atoms with Gasteiger partial charge in [0.25, 0.3) is 0 Å². The van der Waals surface area contributed by atoms with Gasteiger partial charge in [0.05, 0.1) is 11.1 Å². The summed E-state index contributed by atoms with van der Waals surface area (Å²) in [4.78, 5) is 52.1. The minimum atomic E-state index is -0.517. The molecule has 0 radical (unpaired) electrons. The lowest BCUT2D eigenvalue weighted by atomic mass is 9.95. The van der Waals surface area contributed by atoms with Crippen LogP contribution in [0.25, 0.3) is 11.6 Å². The number of carbonyl (C=O) groups is 4. The van der Waals surface area contributed by atoms with E-state index >= 15 is 0 Å². The van der Waals surface area contributed by atoms with Gasteiger partial charge in [-0.2, -0.15) is 0 Å². The van der Waals surface area contributed by atoms with E-state index in [0.29, 0.717) is 47.0 Å². The fourth-order valence-corrected chi connectivity index (χ4v) is 8.22. The topological polar surface area (TPSA) is 108 Å². The van der Waals surface area contributed by atoms with E-state index in [0.717, 1.165) is 73.7 Å². The van der Waals surface area contributed by atoms with E-state index in [1.54, 1.807) is 72.8 Å². The van der Waals surface area contributed by atoms with Gasteiger partial charge in [-0.1, -0.05) is 134 Å². The highest BCUT2D eigenvalue weighted by Gasteiger charge is 2.18. The average Bonchev–Trinajstić information content (AvgIpc) is 3.45. The predicted molar refractivity (Wildman–Crippen MR) is 294 cm³/mol. The molecule has 0 aliphatic heterocycles. The van der Waals surface area contributed by atoms with E-state index in [-0.39, 0.29) is 0 Å². The van der Waals surface area contributed by atoms with E-state index in [1.807, 2.05) is 126 Å². The smallest absolute Gasteiger partial charge is 0.343 e. The van der Waals surface area contributed by atoms with Crippen LogP contribution in [-0.4, -0.2) is 23.9 Å². The molecule has 0 bridgehead atoms. The van der Waals surface area contributed by atoms with Crippen molar-refractivity contribution in [2.45, 2.75) is 12.8 Å². The van der Waals surface area contributed by atoms with Crippen molar-refractivity contribution < 1.29 is 38.1 Å². The molecule has 0 heterocycles. The van der Waals surface area contributed by atoms with Crippen LogP contribution in [0.5, 0.6) is 23.0 Å². The van der Waals surface area contributed by atoms with E-state index in [1.165, 1.54) is 0 Å². The van der Waals surface area contributed by atoms with E-state index in [4.69, 9.17) is 18.9 Å². The van der Waals surface area contributed by atoms with Crippen LogP contribution in [0.1, 0.15) is 59.7 Å². The number of anilines is 3. The summed E-state index contributed by atoms with van der Waals surface area (Å²) in [6.45, 7) is 6.85. The summed E-state index contributed by atoms with van der Waals surface area (Å²) in [7, 11) is 0. The van der Waals surface area contributed by atoms with Crippen LogP contribution in [0.15, 0.2) is 256 Å². The Bertz CT molecular complexity index is 3250. The first-order valence-corrected chi connectivity index (χ1v) is 24.1. The molecule has 75 heavy (non-hydrogen) atoms. The minimum Gasteiger partial charge on any atom is -0.423 e. The van der Waals surface area contributed by atoms with Crippen molar-refractivity contribution in [3.63, 3.8) is 0 Å². The number of hydrogen-bond acceptors (Lipinski definition) is 9. The van der Waals surface area contributed by atoms with Crippen molar-refractivity contribution in [1.29, 1.82) is 0 Å². The van der Waals surface area contributed by atoms with Crippen molar-refractivity contribution in [2.75, 3.05) is 4.90 Å². The molecule has 9 aromatic rings. The maximum atomic E-state index is 13.5. The zero-order valence-electron chi connectivity index (χ0n) is 40.7. The van der Waals surface area contributed by atoms with E-state index < -0.39 is 23.9 Å². The largest absolute Gasteiger partial charge is 0.423 e. The number of nitrogens with zero attached hydrogens (tertiary/aromatic N) is 1. The van der Waals surface area contributed by atoms with Gasteiger partial charge in [0, 0.05) is 29.2 Å². The normalized spacial score (nSPS) is 10.6. The molecule has 9 aromatic carbocycles. The number of ether oxygens (including phenoxy) is 4. The van der Waals surface area contributed by atoms with Gasteiger partial charge in [0.15, 0.2) is 0 Å². The number of hydrogen-bond donors (Lipinski definition) is 0. The van der Waals surface area contributed by atoms with Crippen molar-refractivity contribution >= 4 is 52.6 Å². The van der Waals surface area contributed by atoms with Gasteiger partial charge in [-0.05, 0) is 173 Å². The average molecular weight is 984 g/mol. The van der Waals surface area contributed by atoms with Gasteiger partial charge in [-0.3, -0.25) is 0 Å². The van der Waals surface area contributed by atoms with Crippen molar-refractivity contribution in [1.82, 2.24) is 0 Å². The molecule has 0 amide bonds. The Labute approximate surface area is 435 Å². The Morgan fingerprint density at radius 1 is 0.347 bits per heavy atom. The Balaban J connectivity index is 0.914. The Morgan fingerprint density at radius 2 is 0.653 bits per heavy atom. The maximum Gasteiger partial charge on any atom is 0.343 e. The van der Waals surface area contributed by atoms with Crippen molar-refractivity contribution in [2.24, 2.45) is 0 Å². The molecule has 0 atom stereocenters. The third-order valence-electron chi connectivity index (χ3n) is 12.1. The number of benzene rings is 9. The highest BCUT2D eigenvalue weighted by molar-refractivity contribution is 5.94. The maximum absolute atomic E-state index is 13.5. The molecule has 0 fully saturated rings. The van der Waals surface area contributed by atoms with Crippen LogP contribution in [0, 0.1) is 0 Å². The Morgan fingerprint density at radius 3 is 0.973 bits per heavy atom. The summed E-state index contributed by atoms with van der Waals surface area (Å²) in [6.07, 6.45) is 5.67. The molecule has 0 aliphatic carbocycles. The summed E-state index contributed by atoms with van der Waals surface area (Å²) >= 11 is 0. The quantitative estimate of drug-likeness (QED) is 0.0359. The molecule has 0 aliphatic rings. The number of carbonyl (C=O) groups excluding carboxylic acids is 4. The second kappa shape index (κ2) is 23.9. The lowest BCUT2D eigenvalue weighted by Crippen LogP contribution is -2.13. The van der Waals surface area contributed by atoms with Gasteiger partial charge in [-0.15, -0.1) is 0 Å². The molecule has 9 rings (SSSR count). The van der Waals surface area contributed by atoms with Gasteiger partial charge in [0.1, 0.15) is 23.0 Å². The lowest BCUT2D eigenvalue weighted by Gasteiger charge is -2.26. The highest BCUT2D eigenvalue weighted by Crippen LogP contribution is 2.36. The third-order valence-corrected chi connectivity index (χ3v) is 12.1. The number of esters is 4. The monoisotopic (exact) mass is 983 g/mol. The standard InChI is InChI=1S/C66H49NO8/c1-3-63(68)72-58-35-17-46(18-36-58)43-48-21-39-60(40-22-48)74-65(70)53-25-31-56(32-26-53)67(55-29-15-50(16-30-55)45-62(51-11-7-5-8-12-51)52-13-9-6-10-14-52)57-33-27-54(28-34-57)66(71)75-61-41-23-49(24-42-61)44-47-19-37-59(38-20-47)73-64(69)4-2/h3-42,45H,1-2,43-44H2. The molecular formula is C66H49NO8. The molecule has 0 spiro atoms. The molecule has 0 N–H and O–H groups in total. The summed E-state index contributed by atoms with van der Waals surface area (Å²) in [5.41, 5.74) is 11.5. The van der Waals surface area contributed by atoms with Crippen LogP contribution in [0.2, 0.25) is 0 Å². The highest BCUT2D eigenvalue weighted by atomic mass is 16.5. The summed E-state index contributed by atoms with van der Waals surface area (Å²) in [6, 6.07) is 72.3. The Hall–Kier alpha value is -10.1. The minimum absolute atomic E-state index is 0.364. The van der Waals surface area contributed by atoms with E-state index in [9.17, 15) is 19.2 Å². The van der Waals surface area contributed by atoms with Gasteiger partial charge in [-0.25, -0.2) is 19.2 Å². The first-order chi connectivity index (χ1) is 36.7. The third kappa shape index (κ3) is 13.2. The van der Waals surface area contributed by atoms with Crippen LogP contribution in [0.3, 0.4) is 0 Å². The molecule has 0 aromatic heterocycles. The van der Waals surface area contributed by atoms with Crippen LogP contribution >= 0.6 is 0 Å². The zero-order valence-corrected chi connectivity index (χ0v) is 40.7. The zero-order chi connectivity index (χ0) is 51.9. The first-order valence-electron chi connectivity index (χ1n) is 24.1. The van der Waals surface area contributed by atoms with Crippen LogP contribution < -0.4 is 23.8 Å². The van der Waals surface area contributed by atoms with Crippen molar-refractivity contribution in [3.8, 4) is 23.0 Å². The molecular weight excluding hydrogens is 935 g/mol. The van der Waals surface area contributed by atoms with E-state index in [2.05, 4.69) is 55.6 Å². The molecule has 0 unspecified atom stereocenters. The first kappa shape index (κ1) is 49.8. The summed E-state index contributed by atoms with van der Waals surface area (Å²) in [5, 5.41) is 0. The van der Waals surface area contributed by atoms with Gasteiger partial charge >= 0.3 is 23.9 Å². The van der Waals surface area contributed by atoms with Crippen LogP contribution in [-0.2, 0) is 22.4 Å². The number of rotatable bonds is 18. The van der Waals surface area contributed by atoms with Gasteiger partial charge < -0.3 is 23.8 Å². The van der Waals surface area contributed by atoms with Crippen LogP contribution in [0.4, 0.5) is 17.1 Å².